The molecule has 0 bridgehead atoms. The number of likely N-dealkylation sites (tertiary alicyclic amines) is 1. The van der Waals surface area contributed by atoms with Gasteiger partial charge in [0.25, 0.3) is 11.8 Å². The van der Waals surface area contributed by atoms with Crippen molar-refractivity contribution < 1.29 is 19.4 Å². The minimum Gasteiger partial charge on any atom is -0.491 e. The molecule has 4 rings (SSSR count). The molecular weight excluding hydrogens is 609 g/mol. The van der Waals surface area contributed by atoms with Crippen LogP contribution in [-0.4, -0.2) is 78.1 Å². The predicted molar refractivity (Wildman–Crippen MR) is 165 cm³/mol. The quantitative estimate of drug-likeness (QED) is 0.200. The Morgan fingerprint density at radius 1 is 1.12 bits per heavy atom. The van der Waals surface area contributed by atoms with Gasteiger partial charge in [0.1, 0.15) is 16.4 Å². The molecule has 3 heterocycles. The summed E-state index contributed by atoms with van der Waals surface area (Å²) in [7, 11) is 1.85. The highest BCUT2D eigenvalue weighted by Crippen LogP contribution is 2.36. The van der Waals surface area contributed by atoms with Gasteiger partial charge in [-0.1, -0.05) is 34.8 Å². The summed E-state index contributed by atoms with van der Waals surface area (Å²) in [4.78, 5) is 35.6. The highest BCUT2D eigenvalue weighted by Gasteiger charge is 2.24. The molecule has 3 aromatic rings. The van der Waals surface area contributed by atoms with Gasteiger partial charge in [-0.15, -0.1) is 11.3 Å². The van der Waals surface area contributed by atoms with E-state index in [1.165, 1.54) is 36.4 Å². The normalized spacial score (nSPS) is 13.5. The van der Waals surface area contributed by atoms with Gasteiger partial charge in [-0.05, 0) is 68.5 Å². The van der Waals surface area contributed by atoms with Crippen LogP contribution in [0.4, 0.5) is 11.5 Å². The number of halogens is 3. The summed E-state index contributed by atoms with van der Waals surface area (Å²) in [6.45, 7) is 4.40. The number of thiophene rings is 1. The molecule has 1 fully saturated rings. The van der Waals surface area contributed by atoms with Crippen LogP contribution in [0.5, 0.6) is 5.75 Å². The zero-order chi connectivity index (χ0) is 29.4. The molecule has 3 N–H and O–H groups in total. The number of aliphatic hydroxyl groups is 1. The lowest BCUT2D eigenvalue weighted by Gasteiger charge is -2.18. The van der Waals surface area contributed by atoms with E-state index < -0.39 is 11.8 Å². The molecule has 0 saturated carbocycles. The summed E-state index contributed by atoms with van der Waals surface area (Å²) >= 11 is 20.1. The van der Waals surface area contributed by atoms with Gasteiger partial charge < -0.3 is 25.4 Å². The van der Waals surface area contributed by atoms with Crippen LogP contribution in [0.2, 0.25) is 15.1 Å². The van der Waals surface area contributed by atoms with E-state index in [1.807, 2.05) is 17.3 Å². The molecule has 1 aliphatic heterocycles. The van der Waals surface area contributed by atoms with Crippen LogP contribution in [0.1, 0.15) is 44.9 Å². The second-order valence-corrected chi connectivity index (χ2v) is 11.8. The molecule has 1 aromatic carbocycles. The molecule has 1 aliphatic rings. The van der Waals surface area contributed by atoms with Crippen molar-refractivity contribution in [3.05, 3.63) is 66.9 Å². The Labute approximate surface area is 258 Å². The monoisotopic (exact) mass is 639 g/mol. The van der Waals surface area contributed by atoms with Crippen LogP contribution in [0.15, 0.2) is 35.8 Å². The number of benzene rings is 1. The number of aromatic nitrogens is 1. The summed E-state index contributed by atoms with van der Waals surface area (Å²) in [6.07, 6.45) is 4.60. The number of carbonyl (C=O) groups is 2. The van der Waals surface area contributed by atoms with Gasteiger partial charge in [-0.3, -0.25) is 14.5 Å². The maximum absolute atomic E-state index is 13.5. The minimum absolute atomic E-state index is 0.0132. The van der Waals surface area contributed by atoms with E-state index in [4.69, 9.17) is 39.5 Å². The van der Waals surface area contributed by atoms with Crippen LogP contribution in [0.25, 0.3) is 0 Å². The number of pyridine rings is 1. The lowest BCUT2D eigenvalue weighted by molar-refractivity contribution is 0.102. The number of anilines is 2. The Balaban J connectivity index is 1.58. The van der Waals surface area contributed by atoms with Crippen LogP contribution in [-0.2, 0) is 6.54 Å². The lowest BCUT2D eigenvalue weighted by atomic mass is 10.1. The Morgan fingerprint density at radius 2 is 1.90 bits per heavy atom. The minimum atomic E-state index is -0.539. The number of amides is 2. The van der Waals surface area contributed by atoms with E-state index in [-0.39, 0.29) is 34.4 Å². The van der Waals surface area contributed by atoms with Crippen LogP contribution < -0.4 is 15.4 Å². The number of hydrogen-bond acceptors (Lipinski definition) is 8. The second-order valence-electron chi connectivity index (χ2n) is 9.71. The SMILES string of the molecule is CN(CCO)Cc1csc(C(=O)Nc2c(OCCCN3CCCC3)cc(Cl)cc2C(=O)Nc2ccc(Cl)cn2)c1Cl. The predicted octanol–water partition coefficient (Wildman–Crippen LogP) is 5.90. The summed E-state index contributed by atoms with van der Waals surface area (Å²) in [5.74, 6) is -0.471. The number of ether oxygens (including phenoxy) is 1. The van der Waals surface area contributed by atoms with Crippen molar-refractivity contribution in [1.82, 2.24) is 14.8 Å². The first kappa shape index (κ1) is 31.5. The molecule has 0 aliphatic carbocycles. The third-order valence-electron chi connectivity index (χ3n) is 6.52. The molecule has 0 spiro atoms. The Morgan fingerprint density at radius 3 is 2.61 bits per heavy atom. The molecule has 0 atom stereocenters. The molecule has 2 aromatic heterocycles. The van der Waals surface area contributed by atoms with Crippen molar-refractivity contribution in [2.75, 3.05) is 57.1 Å². The van der Waals surface area contributed by atoms with E-state index in [2.05, 4.69) is 20.5 Å². The van der Waals surface area contributed by atoms with Gasteiger partial charge in [-0.25, -0.2) is 4.98 Å². The molecule has 0 unspecified atom stereocenters. The second kappa shape index (κ2) is 15.2. The van der Waals surface area contributed by atoms with Crippen LogP contribution in [0, 0.1) is 0 Å². The first-order valence-corrected chi connectivity index (χ1v) is 15.2. The number of rotatable bonds is 13. The number of hydrogen-bond donors (Lipinski definition) is 3. The Hall–Kier alpha value is -2.44. The highest BCUT2D eigenvalue weighted by atomic mass is 35.5. The molecule has 2 amide bonds. The molecule has 41 heavy (non-hydrogen) atoms. The van der Waals surface area contributed by atoms with E-state index in [0.29, 0.717) is 34.6 Å². The fourth-order valence-corrected chi connectivity index (χ4v) is 6.03. The van der Waals surface area contributed by atoms with Gasteiger partial charge in [0.2, 0.25) is 0 Å². The maximum Gasteiger partial charge on any atom is 0.267 e. The van der Waals surface area contributed by atoms with E-state index in [9.17, 15) is 14.7 Å². The van der Waals surface area contributed by atoms with E-state index in [0.717, 1.165) is 31.6 Å². The fourth-order valence-electron chi connectivity index (χ4n) is 4.46. The number of aliphatic hydroxyl groups excluding tert-OH is 1. The topological polar surface area (TPSA) is 107 Å². The lowest BCUT2D eigenvalue weighted by Crippen LogP contribution is -2.22. The van der Waals surface area contributed by atoms with E-state index >= 15 is 0 Å². The standard InChI is InChI=1S/C28H32Cl3N5O4S/c1-35(10-11-37)16-18-17-41-26(24(18)31)28(39)34-25-21(27(38)33-23-6-5-19(29)15-32-23)13-20(30)14-22(25)40-12-4-9-36-7-2-3-8-36/h5-6,13-15,17,37H,2-4,7-12,16H2,1H3,(H,34,39)(H,32,33,38). The fraction of sp³-hybridized carbons (Fsp3) is 0.393. The van der Waals surface area contributed by atoms with Crippen LogP contribution in [0.3, 0.4) is 0 Å². The maximum atomic E-state index is 13.5. The number of likely N-dealkylation sites (N-methyl/N-ethyl adjacent to an activating group) is 1. The summed E-state index contributed by atoms with van der Waals surface area (Å²) in [5.41, 5.74) is 1.04. The van der Waals surface area contributed by atoms with E-state index in [1.54, 1.807) is 18.2 Å². The van der Waals surface area contributed by atoms with Gasteiger partial charge in [0, 0.05) is 36.9 Å². The first-order valence-electron chi connectivity index (χ1n) is 13.2. The third kappa shape index (κ3) is 8.78. The van der Waals surface area contributed by atoms with Crippen molar-refractivity contribution in [1.29, 1.82) is 0 Å². The summed E-state index contributed by atoms with van der Waals surface area (Å²) < 4.78 is 6.09. The van der Waals surface area contributed by atoms with Crippen molar-refractivity contribution in [2.45, 2.75) is 25.8 Å². The summed E-state index contributed by atoms with van der Waals surface area (Å²) in [6, 6.07) is 6.22. The molecule has 13 heteroatoms. The largest absolute Gasteiger partial charge is 0.491 e. The molecule has 9 nitrogen and oxygen atoms in total. The zero-order valence-corrected chi connectivity index (χ0v) is 25.7. The van der Waals surface area contributed by atoms with Crippen molar-refractivity contribution >= 4 is 69.5 Å². The number of carbonyl (C=O) groups excluding carboxylic acids is 2. The summed E-state index contributed by atoms with van der Waals surface area (Å²) in [5, 5.41) is 17.6. The van der Waals surface area contributed by atoms with Gasteiger partial charge in [-0.2, -0.15) is 0 Å². The van der Waals surface area contributed by atoms with Crippen LogP contribution >= 0.6 is 46.1 Å². The average molecular weight is 641 g/mol. The molecule has 0 radical (unpaired) electrons. The number of nitrogens with one attached hydrogen (secondary N) is 2. The highest BCUT2D eigenvalue weighted by molar-refractivity contribution is 7.13. The third-order valence-corrected chi connectivity index (χ3v) is 8.54. The molecule has 1 saturated heterocycles. The van der Waals surface area contributed by atoms with Gasteiger partial charge in [0.05, 0.1) is 34.5 Å². The Bertz CT molecular complexity index is 1350. The molecular formula is C28H32Cl3N5O4S. The Kier molecular flexibility index (Phi) is 11.6. The zero-order valence-electron chi connectivity index (χ0n) is 22.6. The van der Waals surface area contributed by atoms with Gasteiger partial charge >= 0.3 is 0 Å². The number of nitrogens with zero attached hydrogens (tertiary/aromatic N) is 3. The van der Waals surface area contributed by atoms with Crippen molar-refractivity contribution in [3.63, 3.8) is 0 Å². The molecule has 220 valence electrons. The average Bonchev–Trinajstić information content (AvgIpc) is 3.59. The smallest absolute Gasteiger partial charge is 0.267 e. The van der Waals surface area contributed by atoms with Crippen molar-refractivity contribution in [3.8, 4) is 5.75 Å². The van der Waals surface area contributed by atoms with Gasteiger partial charge in [0.15, 0.2) is 0 Å². The first-order chi connectivity index (χ1) is 19.7. The van der Waals surface area contributed by atoms with Crippen molar-refractivity contribution in [2.24, 2.45) is 0 Å².